The van der Waals surface area contributed by atoms with Gasteiger partial charge in [-0.1, -0.05) is 25.1 Å². The number of aryl methyl sites for hydroxylation is 2. The van der Waals surface area contributed by atoms with E-state index in [2.05, 4.69) is 10.0 Å². The molecule has 24 heavy (non-hydrogen) atoms. The van der Waals surface area contributed by atoms with Crippen LogP contribution in [-0.2, 0) is 16.4 Å². The maximum atomic E-state index is 12.6. The normalized spacial score (nSPS) is 11.1. The number of hydrogen-bond donors (Lipinski definition) is 2. The molecule has 0 atom stereocenters. The largest absolute Gasteiger partial charge is 0.352 e. The molecular weight excluding hydrogens is 324 g/mol. The van der Waals surface area contributed by atoms with Gasteiger partial charge in [-0.05, 0) is 55.7 Å². The Kier molecular flexibility index (Phi) is 5.62. The summed E-state index contributed by atoms with van der Waals surface area (Å²) in [5.74, 6) is -0.278. The minimum Gasteiger partial charge on any atom is -0.352 e. The molecule has 2 N–H and O–H groups in total. The van der Waals surface area contributed by atoms with Gasteiger partial charge >= 0.3 is 0 Å². The summed E-state index contributed by atoms with van der Waals surface area (Å²) < 4.78 is 27.7. The van der Waals surface area contributed by atoms with E-state index < -0.39 is 10.0 Å². The van der Waals surface area contributed by atoms with Gasteiger partial charge in [0.2, 0.25) is 0 Å². The fraction of sp³-hybridized carbons (Fsp3) is 0.278. The Morgan fingerprint density at radius 1 is 1.04 bits per heavy atom. The molecule has 6 heteroatoms. The molecule has 1 amide bonds. The Balaban J connectivity index is 2.31. The summed E-state index contributed by atoms with van der Waals surface area (Å²) in [6.45, 7) is 6.11. The standard InChI is InChI=1S/C18H22N2O3S/c1-4-14-7-9-15(10-8-14)20-24(22,23)16-11-6-13(3)17(12-16)18(21)19-5-2/h6-12,20H,4-5H2,1-3H3,(H,19,21). The Morgan fingerprint density at radius 2 is 1.71 bits per heavy atom. The smallest absolute Gasteiger partial charge is 0.261 e. The molecule has 0 aliphatic rings. The first-order valence-electron chi connectivity index (χ1n) is 7.88. The number of anilines is 1. The molecule has 0 aliphatic carbocycles. The Morgan fingerprint density at radius 3 is 2.29 bits per heavy atom. The predicted molar refractivity (Wildman–Crippen MR) is 95.8 cm³/mol. The van der Waals surface area contributed by atoms with Crippen molar-refractivity contribution in [2.45, 2.75) is 32.1 Å². The maximum absolute atomic E-state index is 12.6. The fourth-order valence-corrected chi connectivity index (χ4v) is 3.38. The van der Waals surface area contributed by atoms with Crippen LogP contribution < -0.4 is 10.0 Å². The molecule has 0 unspecified atom stereocenters. The van der Waals surface area contributed by atoms with Gasteiger partial charge in [0.1, 0.15) is 0 Å². The molecule has 5 nitrogen and oxygen atoms in total. The third-order valence-electron chi connectivity index (χ3n) is 3.72. The van der Waals surface area contributed by atoms with Crippen LogP contribution in [0, 0.1) is 6.92 Å². The van der Waals surface area contributed by atoms with E-state index in [1.807, 2.05) is 26.0 Å². The molecule has 2 aromatic carbocycles. The third-order valence-corrected chi connectivity index (χ3v) is 5.09. The topological polar surface area (TPSA) is 75.3 Å². The number of carbonyl (C=O) groups excluding carboxylic acids is 1. The van der Waals surface area contributed by atoms with Gasteiger partial charge in [0.15, 0.2) is 0 Å². The molecule has 0 spiro atoms. The van der Waals surface area contributed by atoms with Crippen LogP contribution in [0.25, 0.3) is 0 Å². The highest BCUT2D eigenvalue weighted by Crippen LogP contribution is 2.20. The van der Waals surface area contributed by atoms with E-state index >= 15 is 0 Å². The number of carbonyl (C=O) groups is 1. The molecule has 0 saturated carbocycles. The van der Waals surface area contributed by atoms with Crippen molar-refractivity contribution in [1.29, 1.82) is 0 Å². The number of amides is 1. The first kappa shape index (κ1) is 18.0. The number of sulfonamides is 1. The van der Waals surface area contributed by atoms with Gasteiger partial charge in [-0.2, -0.15) is 0 Å². The van der Waals surface area contributed by atoms with Gasteiger partial charge < -0.3 is 5.32 Å². The summed E-state index contributed by atoms with van der Waals surface area (Å²) in [5.41, 5.74) is 2.72. The Hall–Kier alpha value is -2.34. The highest BCUT2D eigenvalue weighted by molar-refractivity contribution is 7.92. The minimum atomic E-state index is -3.75. The molecule has 0 aromatic heterocycles. The first-order valence-corrected chi connectivity index (χ1v) is 9.36. The summed E-state index contributed by atoms with van der Waals surface area (Å²) >= 11 is 0. The zero-order valence-corrected chi connectivity index (χ0v) is 14.9. The second-order valence-corrected chi connectivity index (χ2v) is 7.17. The Bertz CT molecular complexity index is 828. The molecule has 0 aliphatic heterocycles. The van der Waals surface area contributed by atoms with Crippen LogP contribution in [0.15, 0.2) is 47.4 Å². The van der Waals surface area contributed by atoms with Gasteiger partial charge in [0.25, 0.3) is 15.9 Å². The molecule has 2 rings (SSSR count). The van der Waals surface area contributed by atoms with Crippen molar-refractivity contribution in [2.75, 3.05) is 11.3 Å². The highest BCUT2D eigenvalue weighted by Gasteiger charge is 2.18. The van der Waals surface area contributed by atoms with Crippen LogP contribution in [-0.4, -0.2) is 20.9 Å². The lowest BCUT2D eigenvalue weighted by Crippen LogP contribution is -2.24. The second-order valence-electron chi connectivity index (χ2n) is 5.49. The van der Waals surface area contributed by atoms with Crippen LogP contribution in [0.5, 0.6) is 0 Å². The van der Waals surface area contributed by atoms with E-state index in [0.29, 0.717) is 17.8 Å². The average Bonchev–Trinajstić information content (AvgIpc) is 2.55. The fourth-order valence-electron chi connectivity index (χ4n) is 2.29. The summed E-state index contributed by atoms with van der Waals surface area (Å²) in [7, 11) is -3.75. The maximum Gasteiger partial charge on any atom is 0.261 e. The van der Waals surface area contributed by atoms with Crippen molar-refractivity contribution in [3.8, 4) is 0 Å². The quantitative estimate of drug-likeness (QED) is 0.844. The summed E-state index contributed by atoms with van der Waals surface area (Å²) in [6, 6.07) is 11.8. The highest BCUT2D eigenvalue weighted by atomic mass is 32.2. The van der Waals surface area contributed by atoms with Crippen molar-refractivity contribution in [3.05, 3.63) is 59.2 Å². The van der Waals surface area contributed by atoms with Crippen molar-refractivity contribution in [3.63, 3.8) is 0 Å². The number of benzene rings is 2. The average molecular weight is 346 g/mol. The van der Waals surface area contributed by atoms with Crippen LogP contribution >= 0.6 is 0 Å². The number of rotatable bonds is 6. The lowest BCUT2D eigenvalue weighted by molar-refractivity contribution is 0.0955. The van der Waals surface area contributed by atoms with E-state index in [1.165, 1.54) is 12.1 Å². The molecular formula is C18H22N2O3S. The third kappa shape index (κ3) is 4.14. The summed E-state index contributed by atoms with van der Waals surface area (Å²) in [6.07, 6.45) is 0.890. The van der Waals surface area contributed by atoms with Gasteiger partial charge in [0, 0.05) is 17.8 Å². The molecule has 0 bridgehead atoms. The van der Waals surface area contributed by atoms with Crippen LogP contribution in [0.4, 0.5) is 5.69 Å². The van der Waals surface area contributed by atoms with Gasteiger partial charge in [0.05, 0.1) is 4.90 Å². The van der Waals surface area contributed by atoms with Crippen molar-refractivity contribution in [1.82, 2.24) is 5.32 Å². The van der Waals surface area contributed by atoms with Crippen LogP contribution in [0.1, 0.15) is 35.3 Å². The first-order chi connectivity index (χ1) is 11.4. The molecule has 0 radical (unpaired) electrons. The zero-order valence-electron chi connectivity index (χ0n) is 14.1. The molecule has 0 saturated heterocycles. The molecule has 0 heterocycles. The Labute approximate surface area is 143 Å². The number of nitrogens with one attached hydrogen (secondary N) is 2. The molecule has 0 fully saturated rings. The summed E-state index contributed by atoms with van der Waals surface area (Å²) in [5, 5.41) is 2.69. The van der Waals surface area contributed by atoms with E-state index in [-0.39, 0.29) is 10.8 Å². The SMILES string of the molecule is CCNC(=O)c1cc(S(=O)(=O)Nc2ccc(CC)cc2)ccc1C. The van der Waals surface area contributed by atoms with Gasteiger partial charge in [-0.25, -0.2) is 8.42 Å². The van der Waals surface area contributed by atoms with Gasteiger partial charge in [-0.15, -0.1) is 0 Å². The van der Waals surface area contributed by atoms with Crippen molar-refractivity contribution >= 4 is 21.6 Å². The molecule has 2 aromatic rings. The van der Waals surface area contributed by atoms with E-state index in [9.17, 15) is 13.2 Å². The minimum absolute atomic E-state index is 0.0638. The monoisotopic (exact) mass is 346 g/mol. The van der Waals surface area contributed by atoms with E-state index in [0.717, 1.165) is 17.5 Å². The lowest BCUT2D eigenvalue weighted by Gasteiger charge is -2.11. The van der Waals surface area contributed by atoms with E-state index in [1.54, 1.807) is 25.1 Å². The molecule has 128 valence electrons. The van der Waals surface area contributed by atoms with Crippen molar-refractivity contribution < 1.29 is 13.2 Å². The van der Waals surface area contributed by atoms with Gasteiger partial charge in [-0.3, -0.25) is 9.52 Å². The van der Waals surface area contributed by atoms with E-state index in [4.69, 9.17) is 0 Å². The zero-order chi connectivity index (χ0) is 17.7. The summed E-state index contributed by atoms with van der Waals surface area (Å²) in [4.78, 5) is 12.1. The lowest BCUT2D eigenvalue weighted by atomic mass is 10.1. The van der Waals surface area contributed by atoms with Crippen LogP contribution in [0.2, 0.25) is 0 Å². The second kappa shape index (κ2) is 7.49. The predicted octanol–water partition coefficient (Wildman–Crippen LogP) is 3.11. The number of hydrogen-bond acceptors (Lipinski definition) is 3. The van der Waals surface area contributed by atoms with Crippen molar-refractivity contribution in [2.24, 2.45) is 0 Å². The van der Waals surface area contributed by atoms with Crippen LogP contribution in [0.3, 0.4) is 0 Å².